The predicted octanol–water partition coefficient (Wildman–Crippen LogP) is 2.95. The number of aliphatic carboxylic acids is 1. The molecule has 0 spiro atoms. The number of carbonyl (C=O) groups is 8. The minimum atomic E-state index is -1.23. The molecule has 17 heteroatoms. The van der Waals surface area contributed by atoms with Gasteiger partial charge in [-0.3, -0.25) is 38.5 Å². The maximum atomic E-state index is 14.6. The lowest BCUT2D eigenvalue weighted by Gasteiger charge is -2.41. The SMILES string of the molecule is CC[C@H](C)[C@@H]([C@@H](CC(=O)N1CCC[C@H]1[C@H](OC)[C@@H](C)C(=O)N[C@@H](Cc1ccccc1)C(=O)O)OC)N(C)C(=O)[C@@H](NC(=O)[C@]1(C)CCCN1C(=O)CCCN1C(=O)C=CC1=O)C(C)C. The molecule has 0 aliphatic carbocycles. The summed E-state index contributed by atoms with van der Waals surface area (Å²) in [5.74, 6) is -5.15. The number of nitrogens with zero attached hydrogens (tertiary/aromatic N) is 4. The summed E-state index contributed by atoms with van der Waals surface area (Å²) in [5, 5.41) is 15.6. The zero-order chi connectivity index (χ0) is 47.5. The number of carboxylic acids is 1. The van der Waals surface area contributed by atoms with Crippen LogP contribution in [0.25, 0.3) is 0 Å². The first kappa shape index (κ1) is 51.5. The molecule has 1 aromatic rings. The molecule has 1 aromatic carbocycles. The standard InChI is InChI=1S/C47H70N6O11/c1-10-30(4)41(50(7)44(59)40(29(2)3)49-46(62)47(6)23-16-26-53(47)38(56)20-15-25-52-36(54)21-22-37(52)55)35(63-8)28-39(57)51-24-14-19-34(51)42(64-9)31(5)43(58)48-33(45(60)61)27-32-17-12-11-13-18-32/h11-13,17-18,21-22,29-31,33-35,40-42H,10,14-16,19-20,23-28H2,1-9H3,(H,48,58)(H,49,62)(H,60,61)/t30-,31+,33-,34-,35+,40-,41-,42+,47-/m0/s1. The lowest BCUT2D eigenvalue weighted by molar-refractivity contribution is -0.150. The highest BCUT2D eigenvalue weighted by Gasteiger charge is 2.48. The Morgan fingerprint density at radius 2 is 1.58 bits per heavy atom. The Hall–Kier alpha value is -5.16. The number of carbonyl (C=O) groups excluding carboxylic acids is 7. The van der Waals surface area contributed by atoms with Gasteiger partial charge in [0.25, 0.3) is 11.8 Å². The van der Waals surface area contributed by atoms with Gasteiger partial charge in [-0.25, -0.2) is 4.79 Å². The van der Waals surface area contributed by atoms with E-state index in [9.17, 15) is 43.5 Å². The van der Waals surface area contributed by atoms with Crippen molar-refractivity contribution in [3.05, 3.63) is 48.0 Å². The van der Waals surface area contributed by atoms with Crippen LogP contribution in [-0.2, 0) is 54.3 Å². The molecule has 0 bridgehead atoms. The summed E-state index contributed by atoms with van der Waals surface area (Å²) in [4.78, 5) is 112. The molecule has 7 amide bonds. The molecule has 0 unspecified atom stereocenters. The Labute approximate surface area is 377 Å². The van der Waals surface area contributed by atoms with Gasteiger partial charge in [-0.2, -0.15) is 0 Å². The number of likely N-dealkylation sites (N-methyl/N-ethyl adjacent to an activating group) is 1. The average Bonchev–Trinajstić information content (AvgIpc) is 4.00. The molecule has 3 aliphatic rings. The van der Waals surface area contributed by atoms with E-state index < -0.39 is 77.4 Å². The van der Waals surface area contributed by atoms with E-state index in [2.05, 4.69) is 10.6 Å². The van der Waals surface area contributed by atoms with Gasteiger partial charge in [0.2, 0.25) is 29.5 Å². The van der Waals surface area contributed by atoms with Crippen LogP contribution in [0.4, 0.5) is 0 Å². The number of amides is 7. The second-order valence-electron chi connectivity index (χ2n) is 18.1. The molecule has 3 heterocycles. The third-order valence-corrected chi connectivity index (χ3v) is 13.5. The van der Waals surface area contributed by atoms with Crippen LogP contribution in [0, 0.1) is 17.8 Å². The number of rotatable bonds is 23. The number of hydrogen-bond acceptors (Lipinski definition) is 10. The maximum Gasteiger partial charge on any atom is 0.326 e. The smallest absolute Gasteiger partial charge is 0.326 e. The number of methoxy groups -OCH3 is 2. The quantitative estimate of drug-likeness (QED) is 0.136. The summed E-state index contributed by atoms with van der Waals surface area (Å²) in [6.45, 7) is 11.8. The van der Waals surface area contributed by atoms with Gasteiger partial charge < -0.3 is 39.9 Å². The van der Waals surface area contributed by atoms with Crippen LogP contribution in [0.2, 0.25) is 0 Å². The number of carboxylic acid groups (broad SMARTS) is 1. The van der Waals surface area contributed by atoms with E-state index in [1.54, 1.807) is 55.0 Å². The number of nitrogens with one attached hydrogen (secondary N) is 2. The van der Waals surface area contributed by atoms with Crippen molar-refractivity contribution in [3.8, 4) is 0 Å². The van der Waals surface area contributed by atoms with Crippen molar-refractivity contribution in [2.45, 2.75) is 141 Å². The average molecular weight is 895 g/mol. The minimum absolute atomic E-state index is 0.0317. The van der Waals surface area contributed by atoms with Gasteiger partial charge in [0.15, 0.2) is 0 Å². The molecule has 3 aliphatic heterocycles. The van der Waals surface area contributed by atoms with Crippen molar-refractivity contribution < 1.29 is 52.9 Å². The highest BCUT2D eigenvalue weighted by Crippen LogP contribution is 2.32. The number of likely N-dealkylation sites (tertiary alicyclic amines) is 2. The molecule has 2 fully saturated rings. The van der Waals surface area contributed by atoms with Gasteiger partial charge in [-0.1, -0.05) is 71.4 Å². The van der Waals surface area contributed by atoms with Gasteiger partial charge in [-0.15, -0.1) is 0 Å². The van der Waals surface area contributed by atoms with Crippen LogP contribution in [-0.4, -0.2) is 155 Å². The van der Waals surface area contributed by atoms with Gasteiger partial charge in [0.05, 0.1) is 36.6 Å². The predicted molar refractivity (Wildman–Crippen MR) is 237 cm³/mol. The Balaban J connectivity index is 1.44. The van der Waals surface area contributed by atoms with E-state index in [0.29, 0.717) is 45.2 Å². The van der Waals surface area contributed by atoms with Gasteiger partial charge in [0.1, 0.15) is 17.6 Å². The highest BCUT2D eigenvalue weighted by atomic mass is 16.5. The van der Waals surface area contributed by atoms with Crippen molar-refractivity contribution in [1.82, 2.24) is 30.2 Å². The maximum absolute atomic E-state index is 14.6. The summed E-state index contributed by atoms with van der Waals surface area (Å²) < 4.78 is 11.9. The fourth-order valence-corrected chi connectivity index (χ4v) is 9.46. The van der Waals surface area contributed by atoms with E-state index in [0.717, 1.165) is 10.5 Å². The Morgan fingerprint density at radius 3 is 2.16 bits per heavy atom. The van der Waals surface area contributed by atoms with E-state index in [1.165, 1.54) is 31.3 Å². The fraction of sp³-hybridized carbons (Fsp3) is 0.660. The molecule has 354 valence electrons. The van der Waals surface area contributed by atoms with Crippen LogP contribution in [0.3, 0.4) is 0 Å². The summed E-state index contributed by atoms with van der Waals surface area (Å²) in [5.41, 5.74) is -0.468. The first-order chi connectivity index (χ1) is 30.3. The minimum Gasteiger partial charge on any atom is -0.480 e. The third-order valence-electron chi connectivity index (χ3n) is 13.5. The Bertz CT molecular complexity index is 1860. The first-order valence-corrected chi connectivity index (χ1v) is 22.6. The number of hydrogen-bond donors (Lipinski definition) is 3. The van der Waals surface area contributed by atoms with Crippen LogP contribution < -0.4 is 10.6 Å². The second kappa shape index (κ2) is 23.2. The summed E-state index contributed by atoms with van der Waals surface area (Å²) >= 11 is 0. The second-order valence-corrected chi connectivity index (χ2v) is 18.1. The van der Waals surface area contributed by atoms with Crippen LogP contribution >= 0.6 is 0 Å². The molecule has 2 saturated heterocycles. The van der Waals surface area contributed by atoms with Crippen molar-refractivity contribution >= 4 is 47.3 Å². The largest absolute Gasteiger partial charge is 0.480 e. The van der Waals surface area contributed by atoms with Gasteiger partial charge in [0, 0.05) is 65.9 Å². The van der Waals surface area contributed by atoms with E-state index in [1.807, 2.05) is 33.8 Å². The summed E-state index contributed by atoms with van der Waals surface area (Å²) in [6.07, 6.45) is 4.04. The van der Waals surface area contributed by atoms with Crippen molar-refractivity contribution in [3.63, 3.8) is 0 Å². The zero-order valence-electron chi connectivity index (χ0n) is 39.0. The van der Waals surface area contributed by atoms with Crippen molar-refractivity contribution in [2.75, 3.05) is 40.9 Å². The highest BCUT2D eigenvalue weighted by molar-refractivity contribution is 6.12. The fourth-order valence-electron chi connectivity index (χ4n) is 9.46. The number of benzene rings is 1. The molecular weight excluding hydrogens is 825 g/mol. The summed E-state index contributed by atoms with van der Waals surface area (Å²) in [7, 11) is 4.62. The molecule has 3 N–H and O–H groups in total. The molecule has 0 saturated carbocycles. The topological polar surface area (TPSA) is 212 Å². The van der Waals surface area contributed by atoms with Crippen LogP contribution in [0.5, 0.6) is 0 Å². The molecule has 17 nitrogen and oxygen atoms in total. The first-order valence-electron chi connectivity index (χ1n) is 22.6. The zero-order valence-corrected chi connectivity index (χ0v) is 39.0. The van der Waals surface area contributed by atoms with Crippen molar-refractivity contribution in [2.24, 2.45) is 17.8 Å². The number of ether oxygens (including phenoxy) is 2. The molecule has 9 atom stereocenters. The molecule has 64 heavy (non-hydrogen) atoms. The molecule has 0 radical (unpaired) electrons. The van der Waals surface area contributed by atoms with Crippen molar-refractivity contribution in [1.29, 1.82) is 0 Å². The lowest BCUT2D eigenvalue weighted by atomic mass is 9.89. The molecule has 4 rings (SSSR count). The Morgan fingerprint density at radius 1 is 0.922 bits per heavy atom. The van der Waals surface area contributed by atoms with Crippen LogP contribution in [0.15, 0.2) is 42.5 Å². The monoisotopic (exact) mass is 895 g/mol. The van der Waals surface area contributed by atoms with Crippen LogP contribution in [0.1, 0.15) is 98.5 Å². The summed E-state index contributed by atoms with van der Waals surface area (Å²) in [6, 6.07) is 5.83. The van der Waals surface area contributed by atoms with Gasteiger partial charge in [-0.05, 0) is 56.4 Å². The lowest BCUT2D eigenvalue weighted by Crippen LogP contribution is -2.62. The Kier molecular flexibility index (Phi) is 18.6. The molecule has 0 aromatic heterocycles. The van der Waals surface area contributed by atoms with E-state index in [-0.39, 0.29) is 61.8 Å². The number of imide groups is 1. The molecular formula is C47H70N6O11. The normalized spacial score (nSPS) is 21.9. The third kappa shape index (κ3) is 12.1. The van der Waals surface area contributed by atoms with E-state index in [4.69, 9.17) is 9.47 Å². The van der Waals surface area contributed by atoms with Gasteiger partial charge >= 0.3 is 5.97 Å². The van der Waals surface area contributed by atoms with E-state index >= 15 is 0 Å².